The summed E-state index contributed by atoms with van der Waals surface area (Å²) in [6, 6.07) is 3.19. The second-order valence-corrected chi connectivity index (χ2v) is 3.69. The van der Waals surface area contributed by atoms with Gasteiger partial charge in [0.2, 0.25) is 5.82 Å². The van der Waals surface area contributed by atoms with Gasteiger partial charge < -0.3 is 5.11 Å². The summed E-state index contributed by atoms with van der Waals surface area (Å²) < 4.78 is 0.405. The van der Waals surface area contributed by atoms with E-state index in [-0.39, 0.29) is 5.56 Å². The number of aromatic nitrogens is 1. The summed E-state index contributed by atoms with van der Waals surface area (Å²) in [4.78, 5) is 14.9. The third kappa shape index (κ3) is 2.03. The lowest BCUT2D eigenvalue weighted by Gasteiger charge is -2.22. The molecule has 0 aliphatic carbocycles. The second-order valence-electron chi connectivity index (χ2n) is 3.69. The highest BCUT2D eigenvalue weighted by atomic mass is 16.4. The number of carbonyl (C=O) groups is 1. The second kappa shape index (κ2) is 3.14. The topological polar surface area (TPSA) is 50.2 Å². The van der Waals surface area contributed by atoms with Crippen LogP contribution in [0.25, 0.3) is 0 Å². The van der Waals surface area contributed by atoms with Gasteiger partial charge in [-0.05, 0) is 12.1 Å². The van der Waals surface area contributed by atoms with Crippen LogP contribution in [0.5, 0.6) is 0 Å². The zero-order valence-electron chi connectivity index (χ0n) is 7.98. The predicted octanol–water partition coefficient (Wildman–Crippen LogP) is 0.976. The van der Waals surface area contributed by atoms with Gasteiger partial charge in [-0.3, -0.25) is 4.48 Å². The van der Waals surface area contributed by atoms with Gasteiger partial charge in [-0.15, -0.1) is 0 Å². The number of hydrogen-bond donors (Lipinski definition) is 1. The fourth-order valence-electron chi connectivity index (χ4n) is 1.10. The molecule has 4 nitrogen and oxygen atoms in total. The van der Waals surface area contributed by atoms with Crippen LogP contribution in [0.4, 0.5) is 5.82 Å². The number of quaternary nitrogens is 1. The lowest BCUT2D eigenvalue weighted by molar-refractivity contribution is 0.0695. The van der Waals surface area contributed by atoms with E-state index in [2.05, 4.69) is 4.98 Å². The molecule has 0 saturated heterocycles. The van der Waals surface area contributed by atoms with Crippen molar-refractivity contribution in [2.24, 2.45) is 0 Å². The Kier molecular flexibility index (Phi) is 2.34. The molecule has 0 unspecified atom stereocenters. The molecule has 0 radical (unpaired) electrons. The van der Waals surface area contributed by atoms with Crippen molar-refractivity contribution < 1.29 is 9.90 Å². The molecule has 0 spiro atoms. The quantitative estimate of drug-likeness (QED) is 0.692. The van der Waals surface area contributed by atoms with Crippen LogP contribution in [0.15, 0.2) is 18.3 Å². The molecular formula is C9H13N2O2+. The van der Waals surface area contributed by atoms with E-state index < -0.39 is 5.97 Å². The molecule has 0 aliphatic heterocycles. The number of carboxylic acids is 1. The van der Waals surface area contributed by atoms with Crippen LogP contribution in [0, 0.1) is 0 Å². The molecule has 1 aromatic rings. The molecule has 0 amide bonds. The van der Waals surface area contributed by atoms with Crippen molar-refractivity contribution in [1.29, 1.82) is 0 Å². The number of hydrogen-bond acceptors (Lipinski definition) is 2. The number of aromatic carboxylic acids is 1. The van der Waals surface area contributed by atoms with Crippen molar-refractivity contribution in [1.82, 2.24) is 9.47 Å². The van der Waals surface area contributed by atoms with Crippen molar-refractivity contribution in [2.45, 2.75) is 0 Å². The van der Waals surface area contributed by atoms with Gasteiger partial charge in [0, 0.05) is 6.20 Å². The molecule has 0 atom stereocenters. The van der Waals surface area contributed by atoms with Crippen LogP contribution in [-0.2, 0) is 0 Å². The Bertz CT molecular complexity index is 329. The fraction of sp³-hybridized carbons (Fsp3) is 0.333. The summed E-state index contributed by atoms with van der Waals surface area (Å²) in [5.41, 5.74) is 0.259. The summed E-state index contributed by atoms with van der Waals surface area (Å²) in [7, 11) is 5.65. The van der Waals surface area contributed by atoms with E-state index in [0.29, 0.717) is 10.3 Å². The van der Waals surface area contributed by atoms with Crippen LogP contribution < -0.4 is 4.48 Å². The minimum atomic E-state index is -0.934. The molecule has 70 valence electrons. The summed E-state index contributed by atoms with van der Waals surface area (Å²) in [5.74, 6) is -0.369. The molecule has 0 bridgehead atoms. The number of pyridine rings is 1. The van der Waals surface area contributed by atoms with Gasteiger partial charge in [-0.2, -0.15) is 0 Å². The first-order valence-corrected chi connectivity index (χ1v) is 3.93. The lowest BCUT2D eigenvalue weighted by Crippen LogP contribution is -2.37. The third-order valence-corrected chi connectivity index (χ3v) is 1.65. The van der Waals surface area contributed by atoms with Crippen LogP contribution in [-0.4, -0.2) is 37.2 Å². The van der Waals surface area contributed by atoms with Gasteiger partial charge in [-0.1, -0.05) is 0 Å². The highest BCUT2D eigenvalue weighted by molar-refractivity contribution is 5.92. The Hall–Kier alpha value is -1.42. The Balaban J connectivity index is 3.28. The van der Waals surface area contributed by atoms with Gasteiger partial charge in [0.25, 0.3) is 0 Å². The van der Waals surface area contributed by atoms with Gasteiger partial charge in [0.15, 0.2) is 0 Å². The molecule has 13 heavy (non-hydrogen) atoms. The van der Waals surface area contributed by atoms with E-state index in [4.69, 9.17) is 5.11 Å². The van der Waals surface area contributed by atoms with E-state index in [0.717, 1.165) is 0 Å². The first-order valence-electron chi connectivity index (χ1n) is 3.93. The average molecular weight is 181 g/mol. The SMILES string of the molecule is C[N+](C)(C)c1ncccc1C(=O)O. The predicted molar refractivity (Wildman–Crippen MR) is 50.8 cm³/mol. The minimum Gasteiger partial charge on any atom is -0.477 e. The molecule has 1 N–H and O–H groups in total. The standard InChI is InChI=1S/C9H12N2O2/c1-11(2,3)8-7(9(12)13)5-4-6-10-8/h4-6H,1-3H3/p+1. The number of carboxylic acid groups (broad SMARTS) is 1. The monoisotopic (exact) mass is 181 g/mol. The average Bonchev–Trinajstić information content (AvgIpc) is 2.03. The van der Waals surface area contributed by atoms with Gasteiger partial charge >= 0.3 is 5.97 Å². The maximum Gasteiger partial charge on any atom is 0.343 e. The van der Waals surface area contributed by atoms with Gasteiger partial charge in [0.1, 0.15) is 5.56 Å². The molecule has 1 heterocycles. The van der Waals surface area contributed by atoms with Gasteiger partial charge in [0.05, 0.1) is 21.1 Å². The number of rotatable bonds is 2. The first-order chi connectivity index (χ1) is 5.93. The molecule has 1 aromatic heterocycles. The Morgan fingerprint density at radius 3 is 2.46 bits per heavy atom. The summed E-state index contributed by atoms with van der Waals surface area (Å²) >= 11 is 0. The van der Waals surface area contributed by atoms with Crippen molar-refractivity contribution in [3.63, 3.8) is 0 Å². The lowest BCUT2D eigenvalue weighted by atomic mass is 10.2. The zero-order valence-corrected chi connectivity index (χ0v) is 7.98. The highest BCUT2D eigenvalue weighted by Gasteiger charge is 2.22. The molecule has 0 aromatic carbocycles. The van der Waals surface area contributed by atoms with Gasteiger partial charge in [-0.25, -0.2) is 9.78 Å². The zero-order chi connectivity index (χ0) is 10.1. The summed E-state index contributed by atoms with van der Waals surface area (Å²) in [5, 5.41) is 8.88. The van der Waals surface area contributed by atoms with Crippen LogP contribution in [0.1, 0.15) is 10.4 Å². The molecular weight excluding hydrogens is 168 g/mol. The molecule has 0 aliphatic rings. The fourth-order valence-corrected chi connectivity index (χ4v) is 1.10. The van der Waals surface area contributed by atoms with E-state index in [1.54, 1.807) is 18.3 Å². The maximum atomic E-state index is 10.8. The highest BCUT2D eigenvalue weighted by Crippen LogP contribution is 2.18. The van der Waals surface area contributed by atoms with Crippen molar-refractivity contribution >= 4 is 11.8 Å². The van der Waals surface area contributed by atoms with E-state index in [1.807, 2.05) is 21.1 Å². The van der Waals surface area contributed by atoms with Crippen LogP contribution in [0.3, 0.4) is 0 Å². The molecule has 4 heteroatoms. The summed E-state index contributed by atoms with van der Waals surface area (Å²) in [6.07, 6.45) is 1.60. The third-order valence-electron chi connectivity index (χ3n) is 1.65. The Labute approximate surface area is 77.0 Å². The van der Waals surface area contributed by atoms with E-state index in [1.165, 1.54) is 0 Å². The van der Waals surface area contributed by atoms with E-state index >= 15 is 0 Å². The molecule has 1 rings (SSSR count). The van der Waals surface area contributed by atoms with Crippen LogP contribution in [0.2, 0.25) is 0 Å². The van der Waals surface area contributed by atoms with Crippen LogP contribution >= 0.6 is 0 Å². The molecule has 0 fully saturated rings. The number of nitrogens with zero attached hydrogens (tertiary/aromatic N) is 2. The molecule has 0 saturated carbocycles. The van der Waals surface area contributed by atoms with Crippen molar-refractivity contribution in [2.75, 3.05) is 21.1 Å². The maximum absolute atomic E-state index is 10.8. The largest absolute Gasteiger partial charge is 0.477 e. The first kappa shape index (κ1) is 9.67. The Morgan fingerprint density at radius 2 is 2.08 bits per heavy atom. The Morgan fingerprint density at radius 1 is 1.46 bits per heavy atom. The smallest absolute Gasteiger partial charge is 0.343 e. The normalized spacial score (nSPS) is 11.3. The van der Waals surface area contributed by atoms with Crippen molar-refractivity contribution in [3.05, 3.63) is 23.9 Å². The minimum absolute atomic E-state index is 0.259. The van der Waals surface area contributed by atoms with E-state index in [9.17, 15) is 4.79 Å². The van der Waals surface area contributed by atoms with Crippen molar-refractivity contribution in [3.8, 4) is 0 Å². The summed E-state index contributed by atoms with van der Waals surface area (Å²) in [6.45, 7) is 0.